The molecule has 0 spiro atoms. The van der Waals surface area contributed by atoms with E-state index in [1.54, 1.807) is 11.8 Å². The van der Waals surface area contributed by atoms with E-state index in [9.17, 15) is 9.59 Å². The van der Waals surface area contributed by atoms with E-state index in [1.807, 2.05) is 0 Å². The fourth-order valence-corrected chi connectivity index (χ4v) is 2.05. The first-order chi connectivity index (χ1) is 7.03. The normalized spacial score (nSPS) is 31.4. The van der Waals surface area contributed by atoms with Gasteiger partial charge in [-0.1, -0.05) is 0 Å². The van der Waals surface area contributed by atoms with E-state index < -0.39 is 11.4 Å². The van der Waals surface area contributed by atoms with E-state index in [2.05, 4.69) is 5.32 Å². The van der Waals surface area contributed by atoms with Gasteiger partial charge in [-0.3, -0.25) is 9.59 Å². The summed E-state index contributed by atoms with van der Waals surface area (Å²) in [4.78, 5) is 24.5. The van der Waals surface area contributed by atoms with Crippen LogP contribution in [0.15, 0.2) is 0 Å². The predicted octanol–water partition coefficient (Wildman–Crippen LogP) is -0.471. The highest BCUT2D eigenvalue weighted by molar-refractivity contribution is 5.83. The van der Waals surface area contributed by atoms with Crippen LogP contribution in [0.4, 0.5) is 0 Å². The number of carboxylic acids is 1. The molecule has 15 heavy (non-hydrogen) atoms. The van der Waals surface area contributed by atoms with Crippen molar-refractivity contribution in [2.24, 2.45) is 11.3 Å². The Bertz CT molecular complexity index is 301. The van der Waals surface area contributed by atoms with E-state index in [1.165, 1.54) is 0 Å². The molecule has 2 aliphatic rings. The minimum atomic E-state index is -0.801. The Morgan fingerprint density at radius 2 is 2.13 bits per heavy atom. The number of carbonyl (C=O) groups excluding carboxylic acids is 1. The van der Waals surface area contributed by atoms with Gasteiger partial charge in [-0.05, 0) is 13.3 Å². The van der Waals surface area contributed by atoms with Gasteiger partial charge in [0.1, 0.15) is 0 Å². The SMILES string of the molecule is CC1(C(=O)O)CCN(C(=O)C2CNC2)C1. The molecule has 1 atom stereocenters. The highest BCUT2D eigenvalue weighted by Gasteiger charge is 2.43. The highest BCUT2D eigenvalue weighted by Crippen LogP contribution is 2.31. The van der Waals surface area contributed by atoms with Crippen molar-refractivity contribution in [1.82, 2.24) is 10.2 Å². The summed E-state index contributed by atoms with van der Waals surface area (Å²) in [5.74, 6) is -0.621. The quantitative estimate of drug-likeness (QED) is 0.649. The Balaban J connectivity index is 1.97. The van der Waals surface area contributed by atoms with E-state index >= 15 is 0 Å². The molecule has 0 aliphatic carbocycles. The second-order valence-corrected chi connectivity index (χ2v) is 4.73. The molecular weight excluding hydrogens is 196 g/mol. The van der Waals surface area contributed by atoms with Crippen molar-refractivity contribution in [2.45, 2.75) is 13.3 Å². The van der Waals surface area contributed by atoms with Crippen LogP contribution in [-0.2, 0) is 9.59 Å². The fraction of sp³-hybridized carbons (Fsp3) is 0.800. The maximum absolute atomic E-state index is 11.8. The van der Waals surface area contributed by atoms with E-state index in [0.717, 1.165) is 13.1 Å². The molecular formula is C10H16N2O3. The van der Waals surface area contributed by atoms with Crippen LogP contribution in [0.1, 0.15) is 13.3 Å². The molecule has 0 aromatic carbocycles. The molecule has 5 nitrogen and oxygen atoms in total. The van der Waals surface area contributed by atoms with E-state index in [4.69, 9.17) is 5.11 Å². The minimum Gasteiger partial charge on any atom is -0.481 e. The molecule has 0 aromatic heterocycles. The zero-order valence-electron chi connectivity index (χ0n) is 8.82. The molecule has 2 aliphatic heterocycles. The lowest BCUT2D eigenvalue weighted by atomic mass is 9.90. The molecule has 84 valence electrons. The van der Waals surface area contributed by atoms with Crippen LogP contribution < -0.4 is 5.32 Å². The molecule has 0 radical (unpaired) electrons. The number of hydrogen-bond donors (Lipinski definition) is 2. The number of amides is 1. The van der Waals surface area contributed by atoms with Crippen LogP contribution >= 0.6 is 0 Å². The lowest BCUT2D eigenvalue weighted by molar-refractivity contribution is -0.147. The summed E-state index contributed by atoms with van der Waals surface area (Å²) in [7, 11) is 0. The van der Waals surface area contributed by atoms with Gasteiger partial charge in [0.15, 0.2) is 0 Å². The summed E-state index contributed by atoms with van der Waals surface area (Å²) in [6.45, 7) is 4.12. The highest BCUT2D eigenvalue weighted by atomic mass is 16.4. The van der Waals surface area contributed by atoms with Gasteiger partial charge in [-0.25, -0.2) is 0 Å². The molecule has 2 fully saturated rings. The molecule has 2 rings (SSSR count). The zero-order chi connectivity index (χ0) is 11.1. The summed E-state index contributed by atoms with van der Waals surface area (Å²) >= 11 is 0. The topological polar surface area (TPSA) is 69.6 Å². The molecule has 2 N–H and O–H groups in total. The summed E-state index contributed by atoms with van der Waals surface area (Å²) < 4.78 is 0. The number of aliphatic carboxylic acids is 1. The molecule has 0 bridgehead atoms. The van der Waals surface area contributed by atoms with Crippen LogP contribution in [0, 0.1) is 11.3 Å². The third-order valence-electron chi connectivity index (χ3n) is 3.43. The lowest BCUT2D eigenvalue weighted by Gasteiger charge is -2.30. The molecule has 0 saturated carbocycles. The van der Waals surface area contributed by atoms with Crippen molar-refractivity contribution in [3.05, 3.63) is 0 Å². The summed E-state index contributed by atoms with van der Waals surface area (Å²) in [5, 5.41) is 12.1. The van der Waals surface area contributed by atoms with Gasteiger partial charge >= 0.3 is 5.97 Å². The van der Waals surface area contributed by atoms with E-state index in [0.29, 0.717) is 19.5 Å². The lowest BCUT2D eigenvalue weighted by Crippen LogP contribution is -2.52. The molecule has 2 saturated heterocycles. The summed E-state index contributed by atoms with van der Waals surface area (Å²) in [6, 6.07) is 0. The first kappa shape index (κ1) is 10.4. The van der Waals surface area contributed by atoms with Crippen molar-refractivity contribution in [3.8, 4) is 0 Å². The standard InChI is InChI=1S/C10H16N2O3/c1-10(9(14)15)2-3-12(6-10)8(13)7-4-11-5-7/h7,11H,2-6H2,1H3,(H,14,15). The molecule has 1 unspecified atom stereocenters. The van der Waals surface area contributed by atoms with Gasteiger partial charge in [0, 0.05) is 26.2 Å². The molecule has 2 heterocycles. The van der Waals surface area contributed by atoms with Crippen molar-refractivity contribution >= 4 is 11.9 Å². The number of carbonyl (C=O) groups is 2. The van der Waals surface area contributed by atoms with Crippen LogP contribution in [0.5, 0.6) is 0 Å². The van der Waals surface area contributed by atoms with Crippen molar-refractivity contribution < 1.29 is 14.7 Å². The first-order valence-electron chi connectivity index (χ1n) is 5.26. The van der Waals surface area contributed by atoms with Gasteiger partial charge in [-0.2, -0.15) is 0 Å². The average molecular weight is 212 g/mol. The second kappa shape index (κ2) is 3.48. The Morgan fingerprint density at radius 3 is 2.53 bits per heavy atom. The van der Waals surface area contributed by atoms with Gasteiger partial charge < -0.3 is 15.3 Å². The second-order valence-electron chi connectivity index (χ2n) is 4.73. The Morgan fingerprint density at radius 1 is 1.47 bits per heavy atom. The number of nitrogens with one attached hydrogen (secondary N) is 1. The van der Waals surface area contributed by atoms with Crippen LogP contribution in [0.3, 0.4) is 0 Å². The fourth-order valence-electron chi connectivity index (χ4n) is 2.05. The third kappa shape index (κ3) is 1.71. The monoisotopic (exact) mass is 212 g/mol. The number of hydrogen-bond acceptors (Lipinski definition) is 3. The Hall–Kier alpha value is -1.10. The summed E-state index contributed by atoms with van der Waals surface area (Å²) in [6.07, 6.45) is 0.564. The molecule has 0 aromatic rings. The maximum atomic E-state index is 11.8. The largest absolute Gasteiger partial charge is 0.481 e. The maximum Gasteiger partial charge on any atom is 0.311 e. The number of rotatable bonds is 2. The van der Waals surface area contributed by atoms with Crippen LogP contribution in [0.25, 0.3) is 0 Å². The van der Waals surface area contributed by atoms with Crippen LogP contribution in [0.2, 0.25) is 0 Å². The first-order valence-corrected chi connectivity index (χ1v) is 5.26. The summed E-state index contributed by atoms with van der Waals surface area (Å²) in [5.41, 5.74) is -0.743. The molecule has 1 amide bonds. The van der Waals surface area contributed by atoms with Gasteiger partial charge in [0.2, 0.25) is 5.91 Å². The number of carboxylic acid groups (broad SMARTS) is 1. The Kier molecular flexibility index (Phi) is 2.42. The van der Waals surface area contributed by atoms with Crippen LogP contribution in [-0.4, -0.2) is 48.1 Å². The van der Waals surface area contributed by atoms with Gasteiger partial charge in [0.25, 0.3) is 0 Å². The number of likely N-dealkylation sites (tertiary alicyclic amines) is 1. The predicted molar refractivity (Wildman–Crippen MR) is 53.3 cm³/mol. The Labute approximate surface area is 88.4 Å². The third-order valence-corrected chi connectivity index (χ3v) is 3.43. The molecule has 5 heteroatoms. The minimum absolute atomic E-state index is 0.0705. The van der Waals surface area contributed by atoms with Crippen molar-refractivity contribution in [2.75, 3.05) is 26.2 Å². The van der Waals surface area contributed by atoms with Gasteiger partial charge in [0.05, 0.1) is 11.3 Å². The van der Waals surface area contributed by atoms with Crippen molar-refractivity contribution in [3.63, 3.8) is 0 Å². The average Bonchev–Trinajstić information content (AvgIpc) is 2.46. The van der Waals surface area contributed by atoms with E-state index in [-0.39, 0.29) is 11.8 Å². The number of nitrogens with zero attached hydrogens (tertiary/aromatic N) is 1. The zero-order valence-corrected chi connectivity index (χ0v) is 8.82. The van der Waals surface area contributed by atoms with Gasteiger partial charge in [-0.15, -0.1) is 0 Å². The van der Waals surface area contributed by atoms with Crippen molar-refractivity contribution in [1.29, 1.82) is 0 Å². The smallest absolute Gasteiger partial charge is 0.311 e.